The molecule has 0 bridgehead atoms. The number of nitrogens with zero attached hydrogens (tertiary/aromatic N) is 2. The lowest BCUT2D eigenvalue weighted by Gasteiger charge is -2.01. The molecule has 0 saturated carbocycles. The molecule has 14 heavy (non-hydrogen) atoms. The molecule has 0 atom stereocenters. The predicted molar refractivity (Wildman–Crippen MR) is 65.7 cm³/mol. The molecular weight excluding hydrogens is 214 g/mol. The molecule has 1 aromatic rings. The van der Waals surface area contributed by atoms with Crippen molar-refractivity contribution in [3.05, 3.63) is 30.1 Å². The maximum absolute atomic E-state index is 4.95. The Morgan fingerprint density at radius 1 is 1.57 bits per heavy atom. The second-order valence-electron chi connectivity index (χ2n) is 2.52. The zero-order valence-corrected chi connectivity index (χ0v) is 9.65. The molecule has 0 saturated heterocycles. The van der Waals surface area contributed by atoms with Crippen LogP contribution in [0.5, 0.6) is 0 Å². The molecule has 0 aromatic carbocycles. The molecule has 0 unspecified atom stereocenters. The van der Waals surface area contributed by atoms with E-state index in [4.69, 9.17) is 12.2 Å². The molecule has 1 aromatic heterocycles. The Morgan fingerprint density at radius 2 is 2.36 bits per heavy atom. The number of hydrazone groups is 1. The first-order valence-electron chi connectivity index (χ1n) is 4.03. The summed E-state index contributed by atoms with van der Waals surface area (Å²) >= 11 is 6.40. The fourth-order valence-corrected chi connectivity index (χ4v) is 0.992. The Balaban J connectivity index is 2.66. The first-order valence-corrected chi connectivity index (χ1v) is 5.67. The molecule has 1 N–H and O–H groups in total. The quantitative estimate of drug-likeness (QED) is 0.475. The summed E-state index contributed by atoms with van der Waals surface area (Å²) in [4.78, 5) is 4.16. The van der Waals surface area contributed by atoms with Crippen LogP contribution >= 0.6 is 24.0 Å². The standard InChI is InChI=1S/C9H11N3S2/c1-7(11-12-9(13)14-2)8-5-3-4-6-10-8/h3-6H,1-2H3,(H,12,13)/b11-7+. The van der Waals surface area contributed by atoms with Crippen LogP contribution in [0.4, 0.5) is 0 Å². The van der Waals surface area contributed by atoms with Gasteiger partial charge in [-0.1, -0.05) is 30.0 Å². The van der Waals surface area contributed by atoms with E-state index in [1.807, 2.05) is 31.4 Å². The van der Waals surface area contributed by atoms with Crippen LogP contribution < -0.4 is 5.43 Å². The van der Waals surface area contributed by atoms with Gasteiger partial charge in [0.2, 0.25) is 0 Å². The van der Waals surface area contributed by atoms with Crippen molar-refractivity contribution < 1.29 is 0 Å². The zero-order valence-electron chi connectivity index (χ0n) is 8.02. The van der Waals surface area contributed by atoms with Gasteiger partial charge in [0, 0.05) is 6.20 Å². The molecule has 0 spiro atoms. The van der Waals surface area contributed by atoms with Crippen LogP contribution in [-0.4, -0.2) is 21.3 Å². The van der Waals surface area contributed by atoms with E-state index in [2.05, 4.69) is 15.5 Å². The van der Waals surface area contributed by atoms with Gasteiger partial charge in [0.1, 0.15) is 0 Å². The number of thiocarbonyl (C=S) groups is 1. The summed E-state index contributed by atoms with van der Waals surface area (Å²) in [6, 6.07) is 5.70. The van der Waals surface area contributed by atoms with Crippen molar-refractivity contribution in [1.82, 2.24) is 10.4 Å². The Bertz CT molecular complexity index is 335. The molecule has 3 nitrogen and oxygen atoms in total. The summed E-state index contributed by atoms with van der Waals surface area (Å²) in [6.07, 6.45) is 3.64. The van der Waals surface area contributed by atoms with Crippen LogP contribution in [-0.2, 0) is 0 Å². The number of nitrogens with one attached hydrogen (secondary N) is 1. The van der Waals surface area contributed by atoms with Crippen molar-refractivity contribution in [3.63, 3.8) is 0 Å². The summed E-state index contributed by atoms with van der Waals surface area (Å²) in [5.74, 6) is 0. The van der Waals surface area contributed by atoms with E-state index < -0.39 is 0 Å². The number of thioether (sulfide) groups is 1. The SMILES string of the molecule is CSC(=S)N/N=C(\C)c1ccccn1. The van der Waals surface area contributed by atoms with Crippen molar-refractivity contribution in [2.24, 2.45) is 5.10 Å². The maximum Gasteiger partial charge on any atom is 0.153 e. The third-order valence-electron chi connectivity index (χ3n) is 1.54. The minimum atomic E-state index is 0.653. The lowest BCUT2D eigenvalue weighted by Crippen LogP contribution is -2.13. The molecular formula is C9H11N3S2. The second kappa shape index (κ2) is 5.72. The van der Waals surface area contributed by atoms with Gasteiger partial charge in [-0.3, -0.25) is 10.4 Å². The highest BCUT2D eigenvalue weighted by atomic mass is 32.2. The molecule has 0 radical (unpaired) electrons. The summed E-state index contributed by atoms with van der Waals surface area (Å²) in [5, 5.41) is 4.11. The summed E-state index contributed by atoms with van der Waals surface area (Å²) in [7, 11) is 0. The molecule has 0 aliphatic rings. The Kier molecular flexibility index (Phi) is 4.55. The van der Waals surface area contributed by atoms with Gasteiger partial charge in [0.25, 0.3) is 0 Å². The predicted octanol–water partition coefficient (Wildman–Crippen LogP) is 2.04. The minimum absolute atomic E-state index is 0.653. The van der Waals surface area contributed by atoms with Crippen LogP contribution in [0.25, 0.3) is 0 Å². The first-order chi connectivity index (χ1) is 6.74. The smallest absolute Gasteiger partial charge is 0.153 e. The lowest BCUT2D eigenvalue weighted by atomic mass is 10.3. The number of pyridine rings is 1. The van der Waals surface area contributed by atoms with Gasteiger partial charge in [-0.25, -0.2) is 0 Å². The molecule has 1 rings (SSSR count). The number of rotatable bonds is 2. The van der Waals surface area contributed by atoms with Gasteiger partial charge in [-0.2, -0.15) is 5.10 Å². The van der Waals surface area contributed by atoms with Gasteiger partial charge < -0.3 is 0 Å². The third-order valence-corrected chi connectivity index (χ3v) is 2.59. The van der Waals surface area contributed by atoms with Gasteiger partial charge in [0.15, 0.2) is 4.32 Å². The fraction of sp³-hybridized carbons (Fsp3) is 0.222. The van der Waals surface area contributed by atoms with E-state index in [0.717, 1.165) is 11.4 Å². The summed E-state index contributed by atoms with van der Waals surface area (Å²) < 4.78 is 0.653. The molecule has 0 amide bonds. The van der Waals surface area contributed by atoms with Gasteiger partial charge in [-0.05, 0) is 25.3 Å². The molecule has 74 valence electrons. The van der Waals surface area contributed by atoms with Crippen LogP contribution in [0.1, 0.15) is 12.6 Å². The van der Waals surface area contributed by atoms with Gasteiger partial charge >= 0.3 is 0 Å². The largest absolute Gasteiger partial charge is 0.262 e. The highest BCUT2D eigenvalue weighted by Gasteiger charge is 1.97. The van der Waals surface area contributed by atoms with E-state index in [0.29, 0.717) is 4.32 Å². The van der Waals surface area contributed by atoms with Gasteiger partial charge in [-0.15, -0.1) is 0 Å². The monoisotopic (exact) mass is 225 g/mol. The average molecular weight is 225 g/mol. The first kappa shape index (κ1) is 11.1. The van der Waals surface area contributed by atoms with Crippen LogP contribution in [0.3, 0.4) is 0 Å². The van der Waals surface area contributed by atoms with Crippen molar-refractivity contribution in [3.8, 4) is 0 Å². The minimum Gasteiger partial charge on any atom is -0.262 e. The van der Waals surface area contributed by atoms with Crippen LogP contribution in [0.2, 0.25) is 0 Å². The number of hydrogen-bond acceptors (Lipinski definition) is 4. The topological polar surface area (TPSA) is 37.3 Å². The fourth-order valence-electron chi connectivity index (χ4n) is 0.809. The van der Waals surface area contributed by atoms with Crippen molar-refractivity contribution in [2.45, 2.75) is 6.92 Å². The van der Waals surface area contributed by atoms with E-state index in [9.17, 15) is 0 Å². The Morgan fingerprint density at radius 3 is 2.93 bits per heavy atom. The average Bonchev–Trinajstić information content (AvgIpc) is 2.26. The maximum atomic E-state index is 4.95. The third kappa shape index (κ3) is 3.43. The zero-order chi connectivity index (χ0) is 10.4. The molecule has 1 heterocycles. The van der Waals surface area contributed by atoms with Crippen LogP contribution in [0, 0.1) is 0 Å². The molecule has 0 aliphatic heterocycles. The van der Waals surface area contributed by atoms with Gasteiger partial charge in [0.05, 0.1) is 11.4 Å². The summed E-state index contributed by atoms with van der Waals surface area (Å²) in [6.45, 7) is 1.89. The number of hydrogen-bond donors (Lipinski definition) is 1. The van der Waals surface area contributed by atoms with Crippen molar-refractivity contribution in [2.75, 3.05) is 6.26 Å². The van der Waals surface area contributed by atoms with Crippen LogP contribution in [0.15, 0.2) is 29.5 Å². The van der Waals surface area contributed by atoms with Crippen molar-refractivity contribution >= 4 is 34.0 Å². The Labute approximate surface area is 93.0 Å². The van der Waals surface area contributed by atoms with Crippen molar-refractivity contribution in [1.29, 1.82) is 0 Å². The molecule has 0 fully saturated rings. The van der Waals surface area contributed by atoms with E-state index in [-0.39, 0.29) is 0 Å². The Hall–Kier alpha value is -0.940. The van der Waals surface area contributed by atoms with E-state index in [1.165, 1.54) is 11.8 Å². The summed E-state index contributed by atoms with van der Waals surface area (Å²) in [5.41, 5.74) is 4.45. The lowest BCUT2D eigenvalue weighted by molar-refractivity contribution is 1.05. The highest BCUT2D eigenvalue weighted by Crippen LogP contribution is 1.97. The highest BCUT2D eigenvalue weighted by molar-refractivity contribution is 8.22. The van der Waals surface area contributed by atoms with E-state index in [1.54, 1.807) is 6.20 Å². The second-order valence-corrected chi connectivity index (χ2v) is 4.00. The normalized spacial score (nSPS) is 11.1. The molecule has 0 aliphatic carbocycles. The van der Waals surface area contributed by atoms with E-state index >= 15 is 0 Å². The molecule has 5 heteroatoms. The number of aromatic nitrogens is 1.